The van der Waals surface area contributed by atoms with Crippen LogP contribution >= 0.6 is 0 Å². The number of carbonyl (C=O) groups is 3. The SMILES string of the molecule is COCCOCCCc1cccc2c1CN(C1CCC(=O)NC1=O)C2=O. The third-order valence-corrected chi connectivity index (χ3v) is 4.85. The van der Waals surface area contributed by atoms with Crippen molar-refractivity contribution in [2.24, 2.45) is 0 Å². The summed E-state index contributed by atoms with van der Waals surface area (Å²) in [6.45, 7) is 2.21. The molecule has 1 aromatic carbocycles. The first-order valence-electron chi connectivity index (χ1n) is 8.94. The highest BCUT2D eigenvalue weighted by molar-refractivity contribution is 6.05. The van der Waals surface area contributed by atoms with Crippen molar-refractivity contribution in [2.75, 3.05) is 26.9 Å². The van der Waals surface area contributed by atoms with E-state index >= 15 is 0 Å². The first-order chi connectivity index (χ1) is 12.6. The molecule has 1 saturated heterocycles. The molecule has 7 nitrogen and oxygen atoms in total. The van der Waals surface area contributed by atoms with Crippen molar-refractivity contribution in [3.63, 3.8) is 0 Å². The molecule has 3 rings (SSSR count). The van der Waals surface area contributed by atoms with Crippen molar-refractivity contribution in [3.05, 3.63) is 34.9 Å². The van der Waals surface area contributed by atoms with E-state index < -0.39 is 6.04 Å². The molecule has 0 aromatic heterocycles. The largest absolute Gasteiger partial charge is 0.382 e. The Bertz CT molecular complexity index is 703. The Morgan fingerprint density at radius 1 is 1.19 bits per heavy atom. The fraction of sp³-hybridized carbons (Fsp3) is 0.526. The van der Waals surface area contributed by atoms with Crippen LogP contribution in [-0.2, 0) is 32.0 Å². The van der Waals surface area contributed by atoms with Gasteiger partial charge in [0.05, 0.1) is 13.2 Å². The lowest BCUT2D eigenvalue weighted by Crippen LogP contribution is -2.52. The lowest BCUT2D eigenvalue weighted by molar-refractivity contribution is -0.136. The van der Waals surface area contributed by atoms with Crippen LogP contribution in [0, 0.1) is 0 Å². The molecule has 140 valence electrons. The van der Waals surface area contributed by atoms with E-state index in [2.05, 4.69) is 5.32 Å². The minimum absolute atomic E-state index is 0.132. The maximum absolute atomic E-state index is 12.7. The van der Waals surface area contributed by atoms with E-state index in [1.807, 2.05) is 18.2 Å². The van der Waals surface area contributed by atoms with Gasteiger partial charge in [-0.2, -0.15) is 0 Å². The van der Waals surface area contributed by atoms with E-state index in [-0.39, 0.29) is 24.1 Å². The smallest absolute Gasteiger partial charge is 0.255 e. The third kappa shape index (κ3) is 3.94. The quantitative estimate of drug-likeness (QED) is 0.553. The fourth-order valence-corrected chi connectivity index (χ4v) is 3.49. The van der Waals surface area contributed by atoms with E-state index in [1.54, 1.807) is 12.0 Å². The molecule has 2 aliphatic heterocycles. The number of methoxy groups -OCH3 is 1. The topological polar surface area (TPSA) is 84.9 Å². The van der Waals surface area contributed by atoms with Gasteiger partial charge in [-0.05, 0) is 36.5 Å². The van der Waals surface area contributed by atoms with E-state index in [0.717, 1.165) is 24.0 Å². The highest BCUT2D eigenvalue weighted by atomic mass is 16.5. The zero-order valence-electron chi connectivity index (χ0n) is 15.0. The molecule has 0 saturated carbocycles. The number of amides is 3. The Labute approximate surface area is 152 Å². The molecule has 3 amide bonds. The van der Waals surface area contributed by atoms with Gasteiger partial charge in [-0.15, -0.1) is 0 Å². The predicted octanol–water partition coefficient (Wildman–Crippen LogP) is 1.04. The van der Waals surface area contributed by atoms with Crippen LogP contribution < -0.4 is 5.32 Å². The molecule has 0 spiro atoms. The number of piperidine rings is 1. The Hall–Kier alpha value is -2.25. The van der Waals surface area contributed by atoms with Crippen LogP contribution in [-0.4, -0.2) is 55.6 Å². The number of rotatable bonds is 8. The maximum atomic E-state index is 12.7. The molecular formula is C19H24N2O5. The molecule has 26 heavy (non-hydrogen) atoms. The summed E-state index contributed by atoms with van der Waals surface area (Å²) in [4.78, 5) is 37.8. The van der Waals surface area contributed by atoms with Crippen LogP contribution in [0.15, 0.2) is 18.2 Å². The van der Waals surface area contributed by atoms with Gasteiger partial charge in [-0.25, -0.2) is 0 Å². The van der Waals surface area contributed by atoms with Gasteiger partial charge in [0.1, 0.15) is 6.04 Å². The number of aryl methyl sites for hydroxylation is 1. The molecule has 0 bridgehead atoms. The molecule has 7 heteroatoms. The predicted molar refractivity (Wildman–Crippen MR) is 93.5 cm³/mol. The normalized spacial score (nSPS) is 19.7. The van der Waals surface area contributed by atoms with Gasteiger partial charge in [0, 0.05) is 32.2 Å². The maximum Gasteiger partial charge on any atom is 0.255 e. The second-order valence-corrected chi connectivity index (χ2v) is 6.55. The number of nitrogens with zero attached hydrogens (tertiary/aromatic N) is 1. The summed E-state index contributed by atoms with van der Waals surface area (Å²) < 4.78 is 10.4. The molecule has 2 aliphatic rings. The second-order valence-electron chi connectivity index (χ2n) is 6.55. The van der Waals surface area contributed by atoms with E-state index in [9.17, 15) is 14.4 Å². The van der Waals surface area contributed by atoms with Gasteiger partial charge in [-0.3, -0.25) is 19.7 Å². The minimum Gasteiger partial charge on any atom is -0.382 e. The highest BCUT2D eigenvalue weighted by Gasteiger charge is 2.39. The van der Waals surface area contributed by atoms with Gasteiger partial charge in [-0.1, -0.05) is 12.1 Å². The standard InChI is InChI=1S/C19H24N2O5/c1-25-10-11-26-9-3-5-13-4-2-6-14-15(13)12-21(19(14)24)16-7-8-17(22)20-18(16)23/h2,4,6,16H,3,5,7-12H2,1H3,(H,20,22,23). The summed E-state index contributed by atoms with van der Waals surface area (Å²) in [6, 6.07) is 5.14. The second kappa shape index (κ2) is 8.42. The molecule has 1 N–H and O–H groups in total. The molecular weight excluding hydrogens is 336 g/mol. The van der Waals surface area contributed by atoms with Crippen molar-refractivity contribution >= 4 is 17.7 Å². The summed E-state index contributed by atoms with van der Waals surface area (Å²) >= 11 is 0. The summed E-state index contributed by atoms with van der Waals surface area (Å²) in [6.07, 6.45) is 2.31. The van der Waals surface area contributed by atoms with Crippen molar-refractivity contribution < 1.29 is 23.9 Å². The molecule has 0 radical (unpaired) electrons. The first-order valence-corrected chi connectivity index (χ1v) is 8.94. The van der Waals surface area contributed by atoms with E-state index in [0.29, 0.717) is 38.3 Å². The van der Waals surface area contributed by atoms with Gasteiger partial charge in [0.25, 0.3) is 5.91 Å². The van der Waals surface area contributed by atoms with Gasteiger partial charge in [0.15, 0.2) is 0 Å². The number of carbonyl (C=O) groups excluding carboxylic acids is 3. The zero-order valence-corrected chi connectivity index (χ0v) is 15.0. The summed E-state index contributed by atoms with van der Waals surface area (Å²) in [5.41, 5.74) is 2.76. The lowest BCUT2D eigenvalue weighted by Gasteiger charge is -2.29. The van der Waals surface area contributed by atoms with E-state index in [1.165, 1.54) is 0 Å². The molecule has 1 fully saturated rings. The number of nitrogens with one attached hydrogen (secondary N) is 1. The Balaban J connectivity index is 1.64. The number of hydrogen-bond acceptors (Lipinski definition) is 5. The summed E-state index contributed by atoms with van der Waals surface area (Å²) in [7, 11) is 1.64. The van der Waals surface area contributed by atoms with Crippen molar-refractivity contribution in [3.8, 4) is 0 Å². The van der Waals surface area contributed by atoms with Crippen LogP contribution in [0.2, 0.25) is 0 Å². The van der Waals surface area contributed by atoms with Crippen molar-refractivity contribution in [1.82, 2.24) is 10.2 Å². The third-order valence-electron chi connectivity index (χ3n) is 4.85. The van der Waals surface area contributed by atoms with Crippen LogP contribution in [0.4, 0.5) is 0 Å². The Kier molecular flexibility index (Phi) is 6.00. The Morgan fingerprint density at radius 3 is 2.81 bits per heavy atom. The fourth-order valence-electron chi connectivity index (χ4n) is 3.49. The number of hydrogen-bond donors (Lipinski definition) is 1. The van der Waals surface area contributed by atoms with E-state index in [4.69, 9.17) is 9.47 Å². The van der Waals surface area contributed by atoms with Crippen LogP contribution in [0.5, 0.6) is 0 Å². The molecule has 0 aliphatic carbocycles. The number of fused-ring (bicyclic) bond motifs is 1. The number of imide groups is 1. The average molecular weight is 360 g/mol. The minimum atomic E-state index is -0.571. The summed E-state index contributed by atoms with van der Waals surface area (Å²) in [5, 5.41) is 2.33. The summed E-state index contributed by atoms with van der Waals surface area (Å²) in [5.74, 6) is -0.784. The van der Waals surface area contributed by atoms with Crippen LogP contribution in [0.3, 0.4) is 0 Å². The highest BCUT2D eigenvalue weighted by Crippen LogP contribution is 2.30. The number of benzene rings is 1. The lowest BCUT2D eigenvalue weighted by atomic mass is 10.00. The molecule has 1 atom stereocenters. The Morgan fingerprint density at radius 2 is 2.04 bits per heavy atom. The van der Waals surface area contributed by atoms with Gasteiger partial charge < -0.3 is 14.4 Å². The van der Waals surface area contributed by atoms with Crippen molar-refractivity contribution in [2.45, 2.75) is 38.3 Å². The molecule has 1 unspecified atom stereocenters. The molecule has 1 aromatic rings. The van der Waals surface area contributed by atoms with Crippen LogP contribution in [0.1, 0.15) is 40.7 Å². The van der Waals surface area contributed by atoms with Crippen molar-refractivity contribution in [1.29, 1.82) is 0 Å². The number of ether oxygens (including phenoxy) is 2. The monoisotopic (exact) mass is 360 g/mol. The van der Waals surface area contributed by atoms with Crippen LogP contribution in [0.25, 0.3) is 0 Å². The first kappa shape index (κ1) is 18.5. The molecule has 2 heterocycles. The zero-order chi connectivity index (χ0) is 18.5. The van der Waals surface area contributed by atoms with Gasteiger partial charge >= 0.3 is 0 Å². The van der Waals surface area contributed by atoms with Gasteiger partial charge in [0.2, 0.25) is 11.8 Å². The average Bonchev–Trinajstić information content (AvgIpc) is 2.96.